The topological polar surface area (TPSA) is 44.3 Å². The number of nitrogens with zero attached hydrogens (tertiary/aromatic N) is 4. The van der Waals surface area contributed by atoms with Gasteiger partial charge in [0.25, 0.3) is 0 Å². The van der Waals surface area contributed by atoms with E-state index in [1.807, 2.05) is 18.9 Å². The smallest absolute Gasteiger partial charge is 0.355 e. The fraction of sp³-hybridized carbons (Fsp3) is 0.290. The molecule has 0 bridgehead atoms. The summed E-state index contributed by atoms with van der Waals surface area (Å²) in [6.07, 6.45) is -7.37. The summed E-state index contributed by atoms with van der Waals surface area (Å²) in [5.41, 5.74) is -1.01. The monoisotopic (exact) mass is 637 g/mol. The summed E-state index contributed by atoms with van der Waals surface area (Å²) in [6, 6.07) is 7.95. The number of alkyl halides is 6. The molecule has 1 unspecified atom stereocenters. The molecule has 1 fully saturated rings. The molecule has 1 atom stereocenters. The van der Waals surface area contributed by atoms with Gasteiger partial charge in [0.15, 0.2) is 0 Å². The van der Waals surface area contributed by atoms with Crippen molar-refractivity contribution in [1.29, 1.82) is 0 Å². The van der Waals surface area contributed by atoms with E-state index in [4.69, 9.17) is 11.6 Å². The van der Waals surface area contributed by atoms with Gasteiger partial charge in [-0.2, -0.15) is 26.3 Å². The van der Waals surface area contributed by atoms with Crippen LogP contribution >= 0.6 is 11.6 Å². The Hall–Kier alpha value is -3.90. The number of hydrogen-bond acceptors (Lipinski definition) is 5. The van der Waals surface area contributed by atoms with E-state index >= 15 is 0 Å². The normalized spacial score (nSPS) is 19.4. The highest BCUT2D eigenvalue weighted by Gasteiger charge is 2.47. The molecule has 0 spiro atoms. The van der Waals surface area contributed by atoms with Crippen LogP contribution in [0.25, 0.3) is 11.3 Å². The maximum absolute atomic E-state index is 15.0. The number of benzene rings is 2. The number of nitrogens with one attached hydrogen (secondary N) is 1. The first kappa shape index (κ1) is 31.5. The van der Waals surface area contributed by atoms with E-state index in [1.165, 1.54) is 6.07 Å². The second-order valence-electron chi connectivity index (χ2n) is 10.9. The lowest BCUT2D eigenvalue weighted by Gasteiger charge is -2.51. The van der Waals surface area contributed by atoms with Crippen molar-refractivity contribution in [1.82, 2.24) is 20.0 Å². The minimum atomic E-state index is -4.84. The van der Waals surface area contributed by atoms with Crippen LogP contribution in [0.2, 0.25) is 5.02 Å². The van der Waals surface area contributed by atoms with Crippen LogP contribution in [0.5, 0.6) is 0 Å². The van der Waals surface area contributed by atoms with Crippen LogP contribution in [0.15, 0.2) is 84.5 Å². The van der Waals surface area contributed by atoms with E-state index in [0.29, 0.717) is 35.8 Å². The Morgan fingerprint density at radius 3 is 2.48 bits per heavy atom. The van der Waals surface area contributed by atoms with Crippen LogP contribution in [0.4, 0.5) is 36.4 Å². The molecule has 44 heavy (non-hydrogen) atoms. The first-order valence-corrected chi connectivity index (χ1v) is 13.9. The fourth-order valence-electron chi connectivity index (χ4n) is 5.82. The van der Waals surface area contributed by atoms with E-state index in [-0.39, 0.29) is 34.2 Å². The minimum absolute atomic E-state index is 0.0273. The Balaban J connectivity index is 1.57. The number of fused-ring (bicyclic) bond motifs is 1. The van der Waals surface area contributed by atoms with Crippen molar-refractivity contribution in [2.45, 2.75) is 51.1 Å². The Morgan fingerprint density at radius 1 is 1.07 bits per heavy atom. The molecular formula is C31H27ClF7N5. The van der Waals surface area contributed by atoms with Crippen LogP contribution in [0.3, 0.4) is 0 Å². The molecule has 0 radical (unpaired) electrons. The van der Waals surface area contributed by atoms with Gasteiger partial charge in [0, 0.05) is 34.6 Å². The number of aromatic nitrogens is 2. The highest BCUT2D eigenvalue weighted by Crippen LogP contribution is 2.47. The molecule has 0 amide bonds. The third-order valence-corrected chi connectivity index (χ3v) is 8.49. The number of halogens is 8. The maximum Gasteiger partial charge on any atom is 0.433 e. The molecule has 1 aromatic heterocycles. The van der Waals surface area contributed by atoms with E-state index < -0.39 is 35.0 Å². The molecule has 2 aliphatic rings. The first-order valence-electron chi connectivity index (χ1n) is 13.5. The van der Waals surface area contributed by atoms with Crippen LogP contribution in [-0.4, -0.2) is 32.1 Å². The third-order valence-electron chi connectivity index (χ3n) is 8.20. The van der Waals surface area contributed by atoms with Crippen molar-refractivity contribution in [3.05, 3.63) is 112 Å². The maximum atomic E-state index is 15.0. The largest absolute Gasteiger partial charge is 0.433 e. The zero-order valence-corrected chi connectivity index (χ0v) is 24.4. The second-order valence-corrected chi connectivity index (χ2v) is 11.3. The lowest BCUT2D eigenvalue weighted by molar-refractivity contribution is -0.141. The van der Waals surface area contributed by atoms with Crippen molar-refractivity contribution in [2.24, 2.45) is 0 Å². The van der Waals surface area contributed by atoms with Gasteiger partial charge in [0.1, 0.15) is 17.8 Å². The van der Waals surface area contributed by atoms with Gasteiger partial charge in [0.2, 0.25) is 0 Å². The molecule has 3 aromatic rings. The molecule has 5 rings (SSSR count). The van der Waals surface area contributed by atoms with Gasteiger partial charge in [-0.1, -0.05) is 36.9 Å². The molecular weight excluding hydrogens is 611 g/mol. The highest BCUT2D eigenvalue weighted by molar-refractivity contribution is 6.30. The Kier molecular flexibility index (Phi) is 8.04. The first-order chi connectivity index (χ1) is 20.5. The van der Waals surface area contributed by atoms with Gasteiger partial charge in [0.05, 0.1) is 34.1 Å². The van der Waals surface area contributed by atoms with Gasteiger partial charge >= 0.3 is 12.4 Å². The molecule has 2 aliphatic heterocycles. The van der Waals surface area contributed by atoms with Crippen molar-refractivity contribution in [3.8, 4) is 11.3 Å². The van der Waals surface area contributed by atoms with Gasteiger partial charge in [-0.3, -0.25) is 0 Å². The SMILES string of the molecule is C=C(Nc1ccc(C(F)(F)F)cc1-c1cc(C(F)(F)F)ncn1)C1=C(C)C2(C)CCCN2N(Cc2cccc(Cl)c2F)C1=C. The molecule has 3 heterocycles. The van der Waals surface area contributed by atoms with Crippen LogP contribution in [-0.2, 0) is 18.9 Å². The number of hydrogen-bond donors (Lipinski definition) is 1. The Bertz CT molecular complexity index is 1680. The predicted molar refractivity (Wildman–Crippen MR) is 153 cm³/mol. The predicted octanol–water partition coefficient (Wildman–Crippen LogP) is 9.01. The Morgan fingerprint density at radius 2 is 1.80 bits per heavy atom. The molecule has 0 aliphatic carbocycles. The summed E-state index contributed by atoms with van der Waals surface area (Å²) < 4.78 is 96.2. The number of rotatable bonds is 6. The van der Waals surface area contributed by atoms with Crippen LogP contribution in [0, 0.1) is 5.82 Å². The zero-order valence-electron chi connectivity index (χ0n) is 23.7. The van der Waals surface area contributed by atoms with Crippen molar-refractivity contribution >= 4 is 17.3 Å². The molecule has 13 heteroatoms. The highest BCUT2D eigenvalue weighted by atomic mass is 35.5. The molecule has 1 N–H and O–H groups in total. The van der Waals surface area contributed by atoms with E-state index in [1.54, 1.807) is 12.1 Å². The summed E-state index contributed by atoms with van der Waals surface area (Å²) in [5.74, 6) is -0.565. The molecule has 232 valence electrons. The standard InChI is InChI=1S/C31H27ClF7N5/c1-17-27(19(3)43(44-12-6-11-29(17,44)4)15-20-7-5-8-23(32)28(20)33)18(2)42-24-10-9-21(30(34,35)36)13-22(24)25-14-26(31(37,38)39)41-16-40-25/h5,7-10,13-14,16,42H,2-3,6,11-12,15H2,1,4H3. The molecule has 1 saturated heterocycles. The average Bonchev–Trinajstić information content (AvgIpc) is 3.35. The van der Waals surface area contributed by atoms with Gasteiger partial charge in [-0.05, 0) is 62.6 Å². The quantitative estimate of drug-likeness (QED) is 0.273. The van der Waals surface area contributed by atoms with Crippen molar-refractivity contribution < 1.29 is 30.7 Å². The van der Waals surface area contributed by atoms with Gasteiger partial charge in [-0.15, -0.1) is 0 Å². The minimum Gasteiger partial charge on any atom is -0.355 e. The summed E-state index contributed by atoms with van der Waals surface area (Å²) in [5, 5.41) is 6.93. The van der Waals surface area contributed by atoms with Gasteiger partial charge in [-0.25, -0.2) is 19.4 Å². The second kappa shape index (κ2) is 11.2. The summed E-state index contributed by atoms with van der Waals surface area (Å²) in [4.78, 5) is 7.07. The fourth-order valence-corrected chi connectivity index (χ4v) is 6.01. The zero-order chi connectivity index (χ0) is 32.2. The lowest BCUT2D eigenvalue weighted by Crippen LogP contribution is -2.55. The third kappa shape index (κ3) is 5.68. The summed E-state index contributed by atoms with van der Waals surface area (Å²) in [6.45, 7) is 13.1. The van der Waals surface area contributed by atoms with Crippen LogP contribution < -0.4 is 5.32 Å². The van der Waals surface area contributed by atoms with Crippen LogP contribution in [0.1, 0.15) is 43.5 Å². The van der Waals surface area contributed by atoms with E-state index in [9.17, 15) is 30.7 Å². The molecule has 2 aromatic carbocycles. The Labute approximate surface area is 254 Å². The van der Waals surface area contributed by atoms with E-state index in [0.717, 1.165) is 36.6 Å². The number of anilines is 1. The summed E-state index contributed by atoms with van der Waals surface area (Å²) in [7, 11) is 0. The van der Waals surface area contributed by atoms with Gasteiger partial charge < -0.3 is 10.3 Å². The van der Waals surface area contributed by atoms with Crippen molar-refractivity contribution in [3.63, 3.8) is 0 Å². The van der Waals surface area contributed by atoms with E-state index in [2.05, 4.69) is 33.5 Å². The molecule has 5 nitrogen and oxygen atoms in total. The molecule has 0 saturated carbocycles. The van der Waals surface area contributed by atoms with Crippen molar-refractivity contribution in [2.75, 3.05) is 11.9 Å². The number of hydrazine groups is 1. The average molecular weight is 638 g/mol. The lowest BCUT2D eigenvalue weighted by atomic mass is 9.83. The summed E-state index contributed by atoms with van der Waals surface area (Å²) >= 11 is 6.03.